The second kappa shape index (κ2) is 6.89. The molecular weight excluding hydrogens is 438 g/mol. The summed E-state index contributed by atoms with van der Waals surface area (Å²) >= 11 is 3.32. The first-order valence-corrected chi connectivity index (χ1v) is 9.01. The molecule has 144 valence electrons. The van der Waals surface area contributed by atoms with Crippen LogP contribution in [-0.4, -0.2) is 44.7 Å². The zero-order valence-electron chi connectivity index (χ0n) is 14.3. The maximum atomic E-state index is 13.4. The predicted octanol–water partition coefficient (Wildman–Crippen LogP) is 2.04. The highest BCUT2D eigenvalue weighted by Gasteiger charge is 2.45. The average Bonchev–Trinajstić information content (AvgIpc) is 2.62. The van der Waals surface area contributed by atoms with Crippen molar-refractivity contribution in [2.24, 2.45) is 0 Å². The molecule has 11 heteroatoms. The van der Waals surface area contributed by atoms with Gasteiger partial charge in [-0.05, 0) is 24.3 Å². The topological polar surface area (TPSA) is 93.0 Å². The van der Waals surface area contributed by atoms with E-state index in [1.54, 1.807) is 18.2 Å². The molecule has 0 saturated carbocycles. The van der Waals surface area contributed by atoms with E-state index in [0.717, 1.165) is 4.68 Å². The third kappa shape index (κ3) is 3.57. The Balaban J connectivity index is 1.70. The molecule has 0 bridgehead atoms. The first-order chi connectivity index (χ1) is 13.3. The lowest BCUT2D eigenvalue weighted by Gasteiger charge is -2.40. The van der Waals surface area contributed by atoms with E-state index in [0.29, 0.717) is 15.2 Å². The molecule has 1 saturated heterocycles. The molecule has 28 heavy (non-hydrogen) atoms. The van der Waals surface area contributed by atoms with Crippen LogP contribution in [0.5, 0.6) is 0 Å². The monoisotopic (exact) mass is 450 g/mol. The second-order valence-corrected chi connectivity index (χ2v) is 7.25. The Morgan fingerprint density at radius 1 is 1.25 bits per heavy atom. The van der Waals surface area contributed by atoms with Crippen LogP contribution in [0.2, 0.25) is 0 Å². The molecule has 1 fully saturated rings. The van der Waals surface area contributed by atoms with Gasteiger partial charge in [0.05, 0.1) is 18.5 Å². The third-order valence-corrected chi connectivity index (χ3v) is 4.68. The Labute approximate surface area is 165 Å². The highest BCUT2D eigenvalue weighted by atomic mass is 79.9. The van der Waals surface area contributed by atoms with Crippen LogP contribution in [0.1, 0.15) is 0 Å². The van der Waals surface area contributed by atoms with Crippen LogP contribution in [0.15, 0.2) is 46.1 Å². The number of fused-ring (bicyclic) bond motifs is 1. The minimum atomic E-state index is -2.80. The van der Waals surface area contributed by atoms with E-state index in [1.165, 1.54) is 23.5 Å². The van der Waals surface area contributed by atoms with Crippen molar-refractivity contribution in [1.82, 2.24) is 19.7 Å². The Morgan fingerprint density at radius 3 is 2.71 bits per heavy atom. The van der Waals surface area contributed by atoms with Gasteiger partial charge in [0.15, 0.2) is 5.82 Å². The van der Waals surface area contributed by atoms with Crippen molar-refractivity contribution in [2.75, 3.05) is 23.3 Å². The summed E-state index contributed by atoms with van der Waals surface area (Å²) in [6.45, 7) is -1.37. The predicted molar refractivity (Wildman–Crippen MR) is 102 cm³/mol. The SMILES string of the molecule is O=C(Cn1nc(N2CC(F)(F)C2)c2cc(Br)ccc2c1=O)Nc1ccncn1. The molecule has 2 aromatic heterocycles. The number of benzene rings is 1. The Bertz CT molecular complexity index is 1110. The van der Waals surface area contributed by atoms with Crippen LogP contribution in [0.3, 0.4) is 0 Å². The fourth-order valence-corrected chi connectivity index (χ4v) is 3.29. The van der Waals surface area contributed by atoms with Gasteiger partial charge in [-0.25, -0.2) is 23.4 Å². The van der Waals surface area contributed by atoms with Crippen molar-refractivity contribution >= 4 is 44.2 Å². The lowest BCUT2D eigenvalue weighted by molar-refractivity contribution is -0.117. The van der Waals surface area contributed by atoms with Gasteiger partial charge in [-0.1, -0.05) is 15.9 Å². The number of hydrogen-bond acceptors (Lipinski definition) is 6. The van der Waals surface area contributed by atoms with E-state index in [4.69, 9.17) is 0 Å². The number of nitrogens with zero attached hydrogens (tertiary/aromatic N) is 5. The number of nitrogens with one attached hydrogen (secondary N) is 1. The summed E-state index contributed by atoms with van der Waals surface area (Å²) in [4.78, 5) is 34.0. The van der Waals surface area contributed by atoms with Gasteiger partial charge in [0.1, 0.15) is 18.7 Å². The number of carbonyl (C=O) groups is 1. The number of carbonyl (C=O) groups excluding carboxylic acids is 1. The van der Waals surface area contributed by atoms with Crippen molar-refractivity contribution in [1.29, 1.82) is 0 Å². The van der Waals surface area contributed by atoms with Gasteiger partial charge in [0.25, 0.3) is 11.5 Å². The average molecular weight is 451 g/mol. The second-order valence-electron chi connectivity index (χ2n) is 6.33. The molecule has 1 N–H and O–H groups in total. The quantitative estimate of drug-likeness (QED) is 0.653. The van der Waals surface area contributed by atoms with Crippen molar-refractivity contribution in [3.8, 4) is 0 Å². The van der Waals surface area contributed by atoms with E-state index in [2.05, 4.69) is 36.3 Å². The molecule has 0 spiro atoms. The summed E-state index contributed by atoms with van der Waals surface area (Å²) < 4.78 is 28.4. The van der Waals surface area contributed by atoms with Gasteiger partial charge in [0.2, 0.25) is 5.91 Å². The van der Waals surface area contributed by atoms with Gasteiger partial charge in [-0.15, -0.1) is 0 Å². The first kappa shape index (κ1) is 18.4. The van der Waals surface area contributed by atoms with Gasteiger partial charge in [-0.3, -0.25) is 9.59 Å². The van der Waals surface area contributed by atoms with Crippen LogP contribution in [0, 0.1) is 0 Å². The minimum Gasteiger partial charge on any atom is -0.342 e. The molecule has 0 atom stereocenters. The van der Waals surface area contributed by atoms with Crippen LogP contribution in [-0.2, 0) is 11.3 Å². The number of anilines is 2. The van der Waals surface area contributed by atoms with E-state index < -0.39 is 30.5 Å². The van der Waals surface area contributed by atoms with Gasteiger partial charge < -0.3 is 10.2 Å². The highest BCUT2D eigenvalue weighted by molar-refractivity contribution is 9.10. The van der Waals surface area contributed by atoms with Gasteiger partial charge in [0, 0.05) is 16.1 Å². The number of aromatic nitrogens is 4. The zero-order valence-corrected chi connectivity index (χ0v) is 15.9. The van der Waals surface area contributed by atoms with E-state index in [-0.39, 0.29) is 18.2 Å². The molecular formula is C17H13BrF2N6O2. The number of halogens is 3. The lowest BCUT2D eigenvalue weighted by atomic mass is 10.1. The fourth-order valence-electron chi connectivity index (χ4n) is 2.93. The van der Waals surface area contributed by atoms with E-state index >= 15 is 0 Å². The van der Waals surface area contributed by atoms with Gasteiger partial charge >= 0.3 is 0 Å². The summed E-state index contributed by atoms with van der Waals surface area (Å²) in [6.07, 6.45) is 2.74. The molecule has 1 aromatic carbocycles. The summed E-state index contributed by atoms with van der Waals surface area (Å²) in [6, 6.07) is 6.40. The largest absolute Gasteiger partial charge is 0.342 e. The minimum absolute atomic E-state index is 0.233. The summed E-state index contributed by atoms with van der Waals surface area (Å²) in [5.41, 5.74) is -0.489. The van der Waals surface area contributed by atoms with Crippen molar-refractivity contribution in [2.45, 2.75) is 12.5 Å². The Hall–Kier alpha value is -2.95. The maximum Gasteiger partial charge on any atom is 0.282 e. The van der Waals surface area contributed by atoms with Crippen LogP contribution >= 0.6 is 15.9 Å². The van der Waals surface area contributed by atoms with Crippen molar-refractivity contribution < 1.29 is 13.6 Å². The number of amides is 1. The Kier molecular flexibility index (Phi) is 4.53. The van der Waals surface area contributed by atoms with Gasteiger partial charge in [-0.2, -0.15) is 5.10 Å². The van der Waals surface area contributed by atoms with Crippen LogP contribution in [0.25, 0.3) is 10.8 Å². The Morgan fingerprint density at radius 2 is 2.04 bits per heavy atom. The summed E-state index contributed by atoms with van der Waals surface area (Å²) in [7, 11) is 0. The summed E-state index contributed by atoms with van der Waals surface area (Å²) in [5.74, 6) is -2.81. The zero-order chi connectivity index (χ0) is 19.9. The smallest absolute Gasteiger partial charge is 0.282 e. The molecule has 4 rings (SSSR count). The van der Waals surface area contributed by atoms with Crippen molar-refractivity contribution in [3.05, 3.63) is 51.6 Å². The maximum absolute atomic E-state index is 13.4. The molecule has 1 amide bonds. The molecule has 0 unspecified atom stereocenters. The van der Waals surface area contributed by atoms with Crippen LogP contribution < -0.4 is 15.8 Å². The normalized spacial score (nSPS) is 15.3. The molecule has 0 radical (unpaired) electrons. The molecule has 3 heterocycles. The molecule has 1 aliphatic heterocycles. The molecule has 8 nitrogen and oxygen atoms in total. The number of hydrogen-bond donors (Lipinski definition) is 1. The van der Waals surface area contributed by atoms with E-state index in [9.17, 15) is 18.4 Å². The van der Waals surface area contributed by atoms with Crippen molar-refractivity contribution in [3.63, 3.8) is 0 Å². The molecule has 1 aliphatic rings. The standard InChI is InChI=1S/C17H13BrF2N6O2/c18-10-1-2-11-12(5-10)15(25-7-17(19,20)8-25)24-26(16(11)28)6-14(27)23-13-3-4-21-9-22-13/h1-5,9H,6-8H2,(H,21,22,23,27). The molecule has 0 aliphatic carbocycles. The first-order valence-electron chi connectivity index (χ1n) is 8.21. The fraction of sp³-hybridized carbons (Fsp3) is 0.235. The summed E-state index contributed by atoms with van der Waals surface area (Å²) in [5, 5.41) is 7.46. The van der Waals surface area contributed by atoms with Crippen LogP contribution in [0.4, 0.5) is 20.4 Å². The lowest BCUT2D eigenvalue weighted by Crippen LogP contribution is -2.57. The van der Waals surface area contributed by atoms with E-state index in [1.807, 2.05) is 0 Å². The molecule has 3 aromatic rings. The third-order valence-electron chi connectivity index (χ3n) is 4.19. The number of alkyl halides is 2. The number of rotatable bonds is 4. The highest BCUT2D eigenvalue weighted by Crippen LogP contribution is 2.34.